The molecule has 13 nitrogen and oxygen atoms in total. The van der Waals surface area contributed by atoms with Gasteiger partial charge in [-0.25, -0.2) is 9.79 Å². The Morgan fingerprint density at radius 3 is 2.41 bits per heavy atom. The van der Waals surface area contributed by atoms with E-state index in [4.69, 9.17) is 28.4 Å². The summed E-state index contributed by atoms with van der Waals surface area (Å²) in [6, 6.07) is 6.77. The third kappa shape index (κ3) is 6.31. The molecule has 0 amide bonds. The Bertz CT molecular complexity index is 1780. The van der Waals surface area contributed by atoms with Crippen LogP contribution in [0.4, 0.5) is 5.69 Å². The summed E-state index contributed by atoms with van der Waals surface area (Å²) in [5.41, 5.74) is 0.511. The first-order valence-corrected chi connectivity index (χ1v) is 14.5. The minimum absolute atomic E-state index is 0.00545. The number of esters is 1. The van der Waals surface area contributed by atoms with Crippen LogP contribution < -0.4 is 33.8 Å². The summed E-state index contributed by atoms with van der Waals surface area (Å²) in [4.78, 5) is 43.8. The third-order valence-corrected chi connectivity index (χ3v) is 7.63. The lowest BCUT2D eigenvalue weighted by atomic mass is 9.94. The molecule has 0 radical (unpaired) electrons. The standard InChI is InChI=1S/C30H33N3O10S/c1-7-41-26-18(14-19(33(36)37)16-22(26)40-6)15-23-28(34)32-25(20-10-9-11-21(39-5)27(20)42-8-2)24(17(3)31-30(32)44-23)29(35)43-13-12-38-4/h9-11,14-16,25H,7-8,12-13H2,1-6H3/b23-15+/t25-/m1/s1. The monoisotopic (exact) mass is 627 g/mol. The van der Waals surface area contributed by atoms with Gasteiger partial charge in [-0.1, -0.05) is 23.5 Å². The quantitative estimate of drug-likeness (QED) is 0.120. The van der Waals surface area contributed by atoms with Crippen molar-refractivity contribution in [3.63, 3.8) is 0 Å². The lowest BCUT2D eigenvalue weighted by Gasteiger charge is -2.27. The van der Waals surface area contributed by atoms with Crippen LogP contribution >= 0.6 is 11.3 Å². The highest BCUT2D eigenvalue weighted by Gasteiger charge is 2.36. The van der Waals surface area contributed by atoms with Gasteiger partial charge in [0.1, 0.15) is 12.6 Å². The van der Waals surface area contributed by atoms with Crippen LogP contribution in [0.15, 0.2) is 51.4 Å². The molecular formula is C30H33N3O10S. The summed E-state index contributed by atoms with van der Waals surface area (Å²) in [5.74, 6) is 0.491. The van der Waals surface area contributed by atoms with Crippen molar-refractivity contribution in [2.75, 3.05) is 47.8 Å². The SMILES string of the molecule is CCOc1c(/C=c2/sc3n(c2=O)[C@H](c2cccc(OC)c2OCC)C(C(=O)OCCOC)=C(C)N=3)cc([N+](=O)[O-])cc1OC. The zero-order valence-corrected chi connectivity index (χ0v) is 26.0. The van der Waals surface area contributed by atoms with Crippen LogP contribution in [0.25, 0.3) is 6.08 Å². The lowest BCUT2D eigenvalue weighted by molar-refractivity contribution is -0.385. The lowest BCUT2D eigenvalue weighted by Crippen LogP contribution is -2.40. The number of allylic oxidation sites excluding steroid dienone is 1. The Morgan fingerprint density at radius 2 is 1.77 bits per heavy atom. The summed E-state index contributed by atoms with van der Waals surface area (Å²) in [6.07, 6.45) is 1.49. The first-order chi connectivity index (χ1) is 21.2. The number of hydrogen-bond donors (Lipinski definition) is 0. The molecule has 0 saturated heterocycles. The molecular weight excluding hydrogens is 594 g/mol. The molecule has 4 rings (SSSR count). The number of methoxy groups -OCH3 is 3. The van der Waals surface area contributed by atoms with Gasteiger partial charge in [0.05, 0.1) is 60.8 Å². The van der Waals surface area contributed by atoms with Gasteiger partial charge in [-0.3, -0.25) is 19.5 Å². The van der Waals surface area contributed by atoms with Gasteiger partial charge in [-0.15, -0.1) is 0 Å². The van der Waals surface area contributed by atoms with Crippen LogP contribution in [0.1, 0.15) is 37.9 Å². The Kier molecular flexibility index (Phi) is 10.4. The van der Waals surface area contributed by atoms with Crippen molar-refractivity contribution in [2.45, 2.75) is 26.8 Å². The van der Waals surface area contributed by atoms with Gasteiger partial charge in [-0.2, -0.15) is 0 Å². The van der Waals surface area contributed by atoms with Crippen molar-refractivity contribution in [2.24, 2.45) is 4.99 Å². The number of nitro groups is 1. The summed E-state index contributed by atoms with van der Waals surface area (Å²) in [7, 11) is 4.36. The van der Waals surface area contributed by atoms with Crippen molar-refractivity contribution in [1.29, 1.82) is 0 Å². The number of thiazole rings is 1. The second kappa shape index (κ2) is 14.2. The van der Waals surface area contributed by atoms with E-state index >= 15 is 0 Å². The molecule has 1 atom stereocenters. The molecule has 14 heteroatoms. The van der Waals surface area contributed by atoms with Crippen LogP contribution in [0.5, 0.6) is 23.0 Å². The van der Waals surface area contributed by atoms with E-state index in [2.05, 4.69) is 4.99 Å². The van der Waals surface area contributed by atoms with Gasteiger partial charge in [-0.05, 0) is 32.9 Å². The van der Waals surface area contributed by atoms with Crippen LogP contribution in [0.2, 0.25) is 0 Å². The predicted octanol–water partition coefficient (Wildman–Crippen LogP) is 3.15. The molecule has 0 N–H and O–H groups in total. The number of carbonyl (C=O) groups excluding carboxylic acids is 1. The number of hydrogen-bond acceptors (Lipinski definition) is 12. The van der Waals surface area contributed by atoms with Gasteiger partial charge in [0.25, 0.3) is 11.2 Å². The molecule has 0 aliphatic carbocycles. The number of aromatic nitrogens is 1. The Hall–Kier alpha value is -4.69. The number of non-ortho nitro benzene ring substituents is 1. The molecule has 1 aliphatic rings. The molecule has 3 aromatic rings. The maximum absolute atomic E-state index is 14.2. The van der Waals surface area contributed by atoms with Gasteiger partial charge < -0.3 is 28.4 Å². The molecule has 0 unspecified atom stereocenters. The van der Waals surface area contributed by atoms with E-state index in [9.17, 15) is 19.7 Å². The maximum Gasteiger partial charge on any atom is 0.338 e. The van der Waals surface area contributed by atoms with E-state index in [-0.39, 0.29) is 52.7 Å². The Balaban J connectivity index is 2.03. The van der Waals surface area contributed by atoms with Crippen LogP contribution in [-0.2, 0) is 14.3 Å². The molecule has 0 fully saturated rings. The van der Waals surface area contributed by atoms with Crippen LogP contribution in [0.3, 0.4) is 0 Å². The number of ether oxygens (including phenoxy) is 6. The fourth-order valence-corrected chi connectivity index (χ4v) is 5.83. The molecule has 0 saturated carbocycles. The van der Waals surface area contributed by atoms with E-state index in [1.165, 1.54) is 44.1 Å². The summed E-state index contributed by atoms with van der Waals surface area (Å²) < 4.78 is 34.8. The smallest absolute Gasteiger partial charge is 0.338 e. The van der Waals surface area contributed by atoms with Gasteiger partial charge in [0, 0.05) is 24.3 Å². The average Bonchev–Trinajstić information content (AvgIpc) is 3.31. The van der Waals surface area contributed by atoms with Crippen molar-refractivity contribution in [1.82, 2.24) is 4.57 Å². The Labute approximate surface area is 256 Å². The second-order valence-corrected chi connectivity index (χ2v) is 10.3. The minimum Gasteiger partial charge on any atom is -0.493 e. The van der Waals surface area contributed by atoms with Crippen molar-refractivity contribution < 1.29 is 38.1 Å². The number of fused-ring (bicyclic) bond motifs is 1. The number of carbonyl (C=O) groups is 1. The largest absolute Gasteiger partial charge is 0.493 e. The molecule has 44 heavy (non-hydrogen) atoms. The second-order valence-electron chi connectivity index (χ2n) is 9.28. The molecule has 2 heterocycles. The zero-order chi connectivity index (χ0) is 32.0. The van der Waals surface area contributed by atoms with Crippen molar-refractivity contribution in [3.8, 4) is 23.0 Å². The summed E-state index contributed by atoms with van der Waals surface area (Å²) >= 11 is 1.06. The summed E-state index contributed by atoms with van der Waals surface area (Å²) in [6.45, 7) is 5.95. The third-order valence-electron chi connectivity index (χ3n) is 6.65. The fourth-order valence-electron chi connectivity index (χ4n) is 4.79. The van der Waals surface area contributed by atoms with E-state index in [1.54, 1.807) is 32.0 Å². The molecule has 1 aromatic heterocycles. The van der Waals surface area contributed by atoms with Gasteiger partial charge in [0.2, 0.25) is 0 Å². The first kappa shape index (κ1) is 32.2. The normalized spacial score (nSPS) is 14.5. The van der Waals surface area contributed by atoms with E-state index in [0.717, 1.165) is 11.3 Å². The highest BCUT2D eigenvalue weighted by Crippen LogP contribution is 2.41. The molecule has 2 aromatic carbocycles. The van der Waals surface area contributed by atoms with Crippen LogP contribution in [-0.4, -0.2) is 63.2 Å². The fraction of sp³-hybridized carbons (Fsp3) is 0.367. The van der Waals surface area contributed by atoms with E-state index < -0.39 is 22.5 Å². The molecule has 0 spiro atoms. The average molecular weight is 628 g/mol. The highest BCUT2D eigenvalue weighted by atomic mass is 32.1. The first-order valence-electron chi connectivity index (χ1n) is 13.7. The number of nitro benzene ring substituents is 1. The number of benzene rings is 2. The zero-order valence-electron chi connectivity index (χ0n) is 25.2. The maximum atomic E-state index is 14.2. The van der Waals surface area contributed by atoms with Gasteiger partial charge in [0.15, 0.2) is 27.8 Å². The highest BCUT2D eigenvalue weighted by molar-refractivity contribution is 7.07. The molecule has 234 valence electrons. The number of para-hydroxylation sites is 1. The van der Waals surface area contributed by atoms with E-state index in [0.29, 0.717) is 34.2 Å². The topological polar surface area (TPSA) is 150 Å². The Morgan fingerprint density at radius 1 is 1.07 bits per heavy atom. The molecule has 1 aliphatic heterocycles. The van der Waals surface area contributed by atoms with Crippen molar-refractivity contribution in [3.05, 3.63) is 82.5 Å². The number of rotatable bonds is 13. The predicted molar refractivity (Wildman–Crippen MR) is 162 cm³/mol. The minimum atomic E-state index is -0.994. The number of nitrogens with zero attached hydrogens (tertiary/aromatic N) is 3. The van der Waals surface area contributed by atoms with E-state index in [1.807, 2.05) is 6.92 Å². The van der Waals surface area contributed by atoms with Gasteiger partial charge >= 0.3 is 5.97 Å². The molecule has 0 bridgehead atoms. The van der Waals surface area contributed by atoms with Crippen LogP contribution in [0, 0.1) is 10.1 Å². The van der Waals surface area contributed by atoms with Crippen molar-refractivity contribution >= 4 is 29.1 Å². The summed E-state index contributed by atoms with van der Waals surface area (Å²) in [5, 5.41) is 11.7.